The molecule has 2 aromatic rings. The number of benzene rings is 1. The molecule has 0 fully saturated rings. The van der Waals surface area contributed by atoms with Gasteiger partial charge in [-0.3, -0.25) is 0 Å². The molecular weight excluding hydrogens is 330 g/mol. The first-order chi connectivity index (χ1) is 8.76. The summed E-state index contributed by atoms with van der Waals surface area (Å²) in [6, 6.07) is 5.39. The zero-order valence-corrected chi connectivity index (χ0v) is 11.0. The molecule has 2 rings (SSSR count). The lowest BCUT2D eigenvalue weighted by Gasteiger charge is -2.07. The lowest BCUT2D eigenvalue weighted by molar-refractivity contribution is -0.142. The van der Waals surface area contributed by atoms with Crippen molar-refractivity contribution in [1.29, 1.82) is 0 Å². The van der Waals surface area contributed by atoms with Crippen molar-refractivity contribution in [3.8, 4) is 11.3 Å². The second-order valence-corrected chi connectivity index (χ2v) is 4.77. The second kappa shape index (κ2) is 4.84. The van der Waals surface area contributed by atoms with E-state index in [0.29, 0.717) is 9.15 Å². The number of nitrogens with zero attached hydrogens (tertiary/aromatic N) is 2. The highest BCUT2D eigenvalue weighted by Crippen LogP contribution is 2.27. The maximum absolute atomic E-state index is 13.7. The van der Waals surface area contributed by atoms with Gasteiger partial charge in [-0.05, 0) is 18.2 Å². The van der Waals surface area contributed by atoms with Gasteiger partial charge in [-0.15, -0.1) is 0 Å². The Hall–Kier alpha value is -1.57. The number of aromatic nitrogens is 2. The van der Waals surface area contributed by atoms with Gasteiger partial charge < -0.3 is 5.73 Å². The molecule has 0 bridgehead atoms. The van der Waals surface area contributed by atoms with E-state index >= 15 is 0 Å². The van der Waals surface area contributed by atoms with Crippen LogP contribution in [0.5, 0.6) is 0 Å². The normalized spacial score (nSPS) is 11.8. The van der Waals surface area contributed by atoms with Crippen molar-refractivity contribution in [3.05, 3.63) is 34.6 Å². The highest BCUT2D eigenvalue weighted by Gasteiger charge is 2.29. The van der Waals surface area contributed by atoms with E-state index in [-0.39, 0.29) is 17.1 Å². The van der Waals surface area contributed by atoms with Crippen molar-refractivity contribution >= 4 is 21.7 Å². The Balaban J connectivity index is 2.39. The van der Waals surface area contributed by atoms with Gasteiger partial charge in [-0.25, -0.2) is 9.07 Å². The van der Waals surface area contributed by atoms with E-state index in [2.05, 4.69) is 21.0 Å². The van der Waals surface area contributed by atoms with Crippen LogP contribution < -0.4 is 5.73 Å². The summed E-state index contributed by atoms with van der Waals surface area (Å²) in [6.07, 6.45) is -4.43. The number of nitrogen functional groups attached to an aromatic ring is 1. The van der Waals surface area contributed by atoms with E-state index in [1.165, 1.54) is 18.2 Å². The molecule has 0 radical (unpaired) electrons. The summed E-state index contributed by atoms with van der Waals surface area (Å²) < 4.78 is 51.6. The van der Waals surface area contributed by atoms with Gasteiger partial charge in [0, 0.05) is 16.1 Å². The van der Waals surface area contributed by atoms with E-state index < -0.39 is 18.5 Å². The third-order valence-corrected chi connectivity index (χ3v) is 2.84. The van der Waals surface area contributed by atoms with Crippen molar-refractivity contribution in [2.45, 2.75) is 12.7 Å². The minimum atomic E-state index is -4.43. The highest BCUT2D eigenvalue weighted by molar-refractivity contribution is 9.10. The van der Waals surface area contributed by atoms with Gasteiger partial charge in [0.25, 0.3) is 0 Å². The smallest absolute Gasteiger partial charge is 0.384 e. The Morgan fingerprint density at radius 2 is 1.95 bits per heavy atom. The number of hydrogen-bond donors (Lipinski definition) is 1. The molecule has 1 aromatic carbocycles. The molecule has 19 heavy (non-hydrogen) atoms. The van der Waals surface area contributed by atoms with E-state index in [1.807, 2.05) is 0 Å². The SMILES string of the molecule is Nc1cc(-c2ccc(Br)cc2F)nn1CC(F)(F)F. The first-order valence-electron chi connectivity index (χ1n) is 5.12. The summed E-state index contributed by atoms with van der Waals surface area (Å²) in [5, 5.41) is 3.67. The molecule has 8 heteroatoms. The van der Waals surface area contributed by atoms with E-state index in [9.17, 15) is 17.6 Å². The number of anilines is 1. The predicted molar refractivity (Wildman–Crippen MR) is 65.8 cm³/mol. The zero-order chi connectivity index (χ0) is 14.2. The third-order valence-electron chi connectivity index (χ3n) is 2.35. The summed E-state index contributed by atoms with van der Waals surface area (Å²) in [6.45, 7) is -1.31. The second-order valence-electron chi connectivity index (χ2n) is 3.85. The fraction of sp³-hybridized carbons (Fsp3) is 0.182. The van der Waals surface area contributed by atoms with Crippen LogP contribution in [-0.4, -0.2) is 16.0 Å². The molecule has 0 amide bonds. The van der Waals surface area contributed by atoms with Crippen LogP contribution in [0.4, 0.5) is 23.4 Å². The van der Waals surface area contributed by atoms with Crippen LogP contribution in [0.2, 0.25) is 0 Å². The van der Waals surface area contributed by atoms with Crippen molar-refractivity contribution in [2.24, 2.45) is 0 Å². The summed E-state index contributed by atoms with van der Waals surface area (Å²) in [7, 11) is 0. The van der Waals surface area contributed by atoms with Crippen molar-refractivity contribution in [3.63, 3.8) is 0 Å². The fourth-order valence-electron chi connectivity index (χ4n) is 1.56. The third kappa shape index (κ3) is 3.25. The molecule has 0 aliphatic carbocycles. The largest absolute Gasteiger partial charge is 0.408 e. The molecule has 0 saturated carbocycles. The molecule has 0 unspecified atom stereocenters. The topological polar surface area (TPSA) is 43.8 Å². The Kier molecular flexibility index (Phi) is 3.53. The molecule has 3 nitrogen and oxygen atoms in total. The lowest BCUT2D eigenvalue weighted by Crippen LogP contribution is -2.19. The maximum Gasteiger partial charge on any atom is 0.408 e. The average Bonchev–Trinajstić information content (AvgIpc) is 2.57. The van der Waals surface area contributed by atoms with Crippen LogP contribution in [0.25, 0.3) is 11.3 Å². The first kappa shape index (κ1) is 13.9. The summed E-state index contributed by atoms with van der Waals surface area (Å²) >= 11 is 3.09. The number of hydrogen-bond acceptors (Lipinski definition) is 2. The van der Waals surface area contributed by atoms with Gasteiger partial charge in [0.05, 0.1) is 5.69 Å². The fourth-order valence-corrected chi connectivity index (χ4v) is 1.89. The Morgan fingerprint density at radius 3 is 2.53 bits per heavy atom. The molecule has 102 valence electrons. The van der Waals surface area contributed by atoms with Crippen molar-refractivity contribution in [1.82, 2.24) is 9.78 Å². The van der Waals surface area contributed by atoms with Crippen LogP contribution in [0.15, 0.2) is 28.7 Å². The Labute approximate surface area is 114 Å². The zero-order valence-electron chi connectivity index (χ0n) is 9.38. The molecule has 0 aliphatic heterocycles. The Morgan fingerprint density at radius 1 is 1.26 bits per heavy atom. The molecule has 2 N–H and O–H groups in total. The Bertz CT molecular complexity index is 606. The molecule has 0 aliphatic rings. The summed E-state index contributed by atoms with van der Waals surface area (Å²) in [5.41, 5.74) is 5.59. The van der Waals surface area contributed by atoms with Crippen LogP contribution in [0, 0.1) is 5.82 Å². The number of rotatable bonds is 2. The molecule has 0 atom stereocenters. The standard InChI is InChI=1S/C11H8BrF4N3/c12-6-1-2-7(8(13)3-6)9-4-10(17)19(18-9)5-11(14,15)16/h1-4H,5,17H2. The van der Waals surface area contributed by atoms with Crippen LogP contribution in [0.3, 0.4) is 0 Å². The summed E-state index contributed by atoms with van der Waals surface area (Å²) in [4.78, 5) is 0. The lowest BCUT2D eigenvalue weighted by atomic mass is 10.1. The minimum absolute atomic E-state index is 0.0618. The van der Waals surface area contributed by atoms with Gasteiger partial charge in [-0.2, -0.15) is 18.3 Å². The number of alkyl halides is 3. The van der Waals surface area contributed by atoms with Crippen molar-refractivity contribution < 1.29 is 17.6 Å². The van der Waals surface area contributed by atoms with E-state index in [0.717, 1.165) is 0 Å². The molecular formula is C11H8BrF4N3. The maximum atomic E-state index is 13.7. The van der Waals surface area contributed by atoms with Gasteiger partial charge in [0.15, 0.2) is 0 Å². The van der Waals surface area contributed by atoms with E-state index in [4.69, 9.17) is 5.73 Å². The molecule has 0 saturated heterocycles. The first-order valence-corrected chi connectivity index (χ1v) is 5.91. The molecule has 1 heterocycles. The monoisotopic (exact) mass is 337 g/mol. The van der Waals surface area contributed by atoms with Crippen LogP contribution in [-0.2, 0) is 6.54 Å². The van der Waals surface area contributed by atoms with Gasteiger partial charge in [0.2, 0.25) is 0 Å². The van der Waals surface area contributed by atoms with Gasteiger partial charge in [0.1, 0.15) is 18.2 Å². The number of nitrogens with two attached hydrogens (primary N) is 1. The summed E-state index contributed by atoms with van der Waals surface area (Å²) in [5.74, 6) is -0.763. The van der Waals surface area contributed by atoms with Crippen molar-refractivity contribution in [2.75, 3.05) is 5.73 Å². The predicted octanol–water partition coefficient (Wildman–Crippen LogP) is 3.60. The van der Waals surface area contributed by atoms with Gasteiger partial charge in [-0.1, -0.05) is 15.9 Å². The quantitative estimate of drug-likeness (QED) is 0.851. The highest BCUT2D eigenvalue weighted by atomic mass is 79.9. The average molecular weight is 338 g/mol. The van der Waals surface area contributed by atoms with Crippen LogP contribution in [0.1, 0.15) is 0 Å². The molecule has 1 aromatic heterocycles. The van der Waals surface area contributed by atoms with E-state index in [1.54, 1.807) is 6.07 Å². The van der Waals surface area contributed by atoms with Crippen LogP contribution >= 0.6 is 15.9 Å². The molecule has 0 spiro atoms. The van der Waals surface area contributed by atoms with Gasteiger partial charge >= 0.3 is 6.18 Å². The minimum Gasteiger partial charge on any atom is -0.384 e. The number of halogens is 5.